The van der Waals surface area contributed by atoms with Crippen molar-refractivity contribution in [1.29, 1.82) is 0 Å². The van der Waals surface area contributed by atoms with E-state index in [1.165, 1.54) is 24.8 Å². The number of rotatable bonds is 1. The topological polar surface area (TPSA) is 12.0 Å². The van der Waals surface area contributed by atoms with Crippen molar-refractivity contribution in [3.8, 4) is 0 Å². The summed E-state index contributed by atoms with van der Waals surface area (Å²) in [5, 5.41) is 3.70. The van der Waals surface area contributed by atoms with E-state index in [0.29, 0.717) is 11.0 Å². The van der Waals surface area contributed by atoms with Crippen molar-refractivity contribution < 1.29 is 0 Å². The Labute approximate surface area is 85.5 Å². The standard InChI is InChI=1S/C13H17N/c1-12(11-5-3-2-4-6-11)9-13(7-8-13)14-10-12/h2-6,14H,7-10H2,1H3. The van der Waals surface area contributed by atoms with Gasteiger partial charge >= 0.3 is 0 Å². The molecule has 1 aliphatic heterocycles. The van der Waals surface area contributed by atoms with Crippen molar-refractivity contribution >= 4 is 0 Å². The lowest BCUT2D eigenvalue weighted by Gasteiger charge is -2.23. The molecule has 3 rings (SSSR count). The molecule has 1 aromatic rings. The quantitative estimate of drug-likeness (QED) is 0.712. The summed E-state index contributed by atoms with van der Waals surface area (Å²) in [7, 11) is 0. The molecule has 0 aromatic heterocycles. The van der Waals surface area contributed by atoms with Gasteiger partial charge in [0.2, 0.25) is 0 Å². The van der Waals surface area contributed by atoms with E-state index < -0.39 is 0 Å². The molecule has 2 fully saturated rings. The van der Waals surface area contributed by atoms with E-state index in [4.69, 9.17) is 0 Å². The monoisotopic (exact) mass is 187 g/mol. The summed E-state index contributed by atoms with van der Waals surface area (Å²) in [6.45, 7) is 3.54. The molecule has 1 atom stereocenters. The fourth-order valence-electron chi connectivity index (χ4n) is 2.80. The van der Waals surface area contributed by atoms with Gasteiger partial charge in [-0.15, -0.1) is 0 Å². The van der Waals surface area contributed by atoms with Crippen LogP contribution in [0.1, 0.15) is 31.7 Å². The predicted molar refractivity (Wildman–Crippen MR) is 58.4 cm³/mol. The molecule has 1 saturated heterocycles. The van der Waals surface area contributed by atoms with Gasteiger partial charge < -0.3 is 5.32 Å². The Bertz CT molecular complexity index is 340. The summed E-state index contributed by atoms with van der Waals surface area (Å²) < 4.78 is 0. The van der Waals surface area contributed by atoms with Crippen LogP contribution in [-0.4, -0.2) is 12.1 Å². The number of nitrogens with one attached hydrogen (secondary N) is 1. The predicted octanol–water partition coefficient (Wildman–Crippen LogP) is 2.47. The fraction of sp³-hybridized carbons (Fsp3) is 0.538. The van der Waals surface area contributed by atoms with Crippen LogP contribution < -0.4 is 5.32 Å². The summed E-state index contributed by atoms with van der Waals surface area (Å²) in [6.07, 6.45) is 4.09. The zero-order chi connectivity index (χ0) is 9.65. The molecule has 1 N–H and O–H groups in total. The lowest BCUT2D eigenvalue weighted by molar-refractivity contribution is 0.500. The highest BCUT2D eigenvalue weighted by Gasteiger charge is 2.53. The van der Waals surface area contributed by atoms with E-state index in [0.717, 1.165) is 6.54 Å². The van der Waals surface area contributed by atoms with Crippen molar-refractivity contribution in [3.63, 3.8) is 0 Å². The normalized spacial score (nSPS) is 33.5. The zero-order valence-electron chi connectivity index (χ0n) is 8.72. The first-order valence-electron chi connectivity index (χ1n) is 5.53. The lowest BCUT2D eigenvalue weighted by atomic mass is 9.80. The lowest BCUT2D eigenvalue weighted by Crippen LogP contribution is -2.25. The zero-order valence-corrected chi connectivity index (χ0v) is 8.72. The molecule has 1 heteroatoms. The van der Waals surface area contributed by atoms with E-state index in [1.54, 1.807) is 0 Å². The van der Waals surface area contributed by atoms with Gasteiger partial charge in [0.05, 0.1) is 0 Å². The van der Waals surface area contributed by atoms with E-state index in [9.17, 15) is 0 Å². The van der Waals surface area contributed by atoms with E-state index in [1.807, 2.05) is 0 Å². The molecule has 0 bridgehead atoms. The van der Waals surface area contributed by atoms with Crippen molar-refractivity contribution in [3.05, 3.63) is 35.9 Å². The Hall–Kier alpha value is -0.820. The van der Waals surface area contributed by atoms with Crippen LogP contribution in [0.2, 0.25) is 0 Å². The minimum absolute atomic E-state index is 0.373. The van der Waals surface area contributed by atoms with Crippen LogP contribution in [0.3, 0.4) is 0 Å². The molecule has 1 aliphatic carbocycles. The maximum absolute atomic E-state index is 3.70. The van der Waals surface area contributed by atoms with E-state index in [2.05, 4.69) is 42.6 Å². The van der Waals surface area contributed by atoms with E-state index >= 15 is 0 Å². The molecule has 2 aliphatic rings. The molecule has 1 spiro atoms. The fourth-order valence-corrected chi connectivity index (χ4v) is 2.80. The third-order valence-corrected chi connectivity index (χ3v) is 3.91. The van der Waals surface area contributed by atoms with Crippen molar-refractivity contribution in [2.24, 2.45) is 0 Å². The van der Waals surface area contributed by atoms with Gasteiger partial charge in [-0.2, -0.15) is 0 Å². The van der Waals surface area contributed by atoms with Crippen LogP contribution in [0.25, 0.3) is 0 Å². The third-order valence-electron chi connectivity index (χ3n) is 3.91. The van der Waals surface area contributed by atoms with Crippen molar-refractivity contribution in [2.75, 3.05) is 6.54 Å². The molecule has 0 radical (unpaired) electrons. The first-order valence-corrected chi connectivity index (χ1v) is 5.53. The van der Waals surface area contributed by atoms with Gasteiger partial charge in [-0.05, 0) is 24.8 Å². The maximum atomic E-state index is 3.70. The Kier molecular flexibility index (Phi) is 1.58. The molecule has 1 saturated carbocycles. The van der Waals surface area contributed by atoms with Crippen LogP contribution in [-0.2, 0) is 5.41 Å². The summed E-state index contributed by atoms with van der Waals surface area (Å²) in [5.41, 5.74) is 2.40. The number of hydrogen-bond donors (Lipinski definition) is 1. The van der Waals surface area contributed by atoms with Gasteiger partial charge in [0.15, 0.2) is 0 Å². The Morgan fingerprint density at radius 3 is 2.43 bits per heavy atom. The molecule has 1 aromatic carbocycles. The van der Waals surface area contributed by atoms with Gasteiger partial charge in [0.25, 0.3) is 0 Å². The second-order valence-corrected chi connectivity index (χ2v) is 5.24. The highest BCUT2D eigenvalue weighted by Crippen LogP contribution is 2.50. The van der Waals surface area contributed by atoms with Crippen LogP contribution in [0.4, 0.5) is 0 Å². The molecular weight excluding hydrogens is 170 g/mol. The first-order chi connectivity index (χ1) is 6.73. The molecule has 1 unspecified atom stereocenters. The van der Waals surface area contributed by atoms with Crippen molar-refractivity contribution in [2.45, 2.75) is 37.1 Å². The smallest absolute Gasteiger partial charge is 0.0192 e. The second kappa shape index (κ2) is 2.60. The molecule has 14 heavy (non-hydrogen) atoms. The minimum Gasteiger partial charge on any atom is -0.310 e. The average Bonchev–Trinajstić information content (AvgIpc) is 2.87. The molecule has 74 valence electrons. The average molecular weight is 187 g/mol. The Morgan fingerprint density at radius 2 is 1.86 bits per heavy atom. The summed E-state index contributed by atoms with van der Waals surface area (Å²) >= 11 is 0. The minimum atomic E-state index is 0.373. The van der Waals surface area contributed by atoms with Gasteiger partial charge in [-0.1, -0.05) is 37.3 Å². The molecular formula is C13H17N. The second-order valence-electron chi connectivity index (χ2n) is 5.24. The summed E-state index contributed by atoms with van der Waals surface area (Å²) in [5.74, 6) is 0. The molecule has 1 nitrogen and oxygen atoms in total. The Morgan fingerprint density at radius 1 is 1.14 bits per heavy atom. The third kappa shape index (κ3) is 1.19. The first kappa shape index (κ1) is 8.49. The van der Waals surface area contributed by atoms with E-state index in [-0.39, 0.29) is 0 Å². The van der Waals surface area contributed by atoms with Gasteiger partial charge in [0.1, 0.15) is 0 Å². The SMILES string of the molecule is CC1(c2ccccc2)CNC2(CC2)C1. The largest absolute Gasteiger partial charge is 0.310 e. The van der Waals surface area contributed by atoms with Crippen LogP contribution in [0, 0.1) is 0 Å². The summed E-state index contributed by atoms with van der Waals surface area (Å²) in [6, 6.07) is 10.9. The number of hydrogen-bond acceptors (Lipinski definition) is 1. The molecule has 1 heterocycles. The van der Waals surface area contributed by atoms with Crippen LogP contribution in [0.5, 0.6) is 0 Å². The highest BCUT2D eigenvalue weighted by molar-refractivity contribution is 5.30. The van der Waals surface area contributed by atoms with Gasteiger partial charge in [-0.3, -0.25) is 0 Å². The maximum Gasteiger partial charge on any atom is 0.0192 e. The number of benzene rings is 1. The van der Waals surface area contributed by atoms with Gasteiger partial charge in [-0.25, -0.2) is 0 Å². The Balaban J connectivity index is 1.91. The van der Waals surface area contributed by atoms with Crippen molar-refractivity contribution in [1.82, 2.24) is 5.32 Å². The molecule has 0 amide bonds. The highest BCUT2D eigenvalue weighted by atomic mass is 15.1. The summed E-state index contributed by atoms with van der Waals surface area (Å²) in [4.78, 5) is 0. The van der Waals surface area contributed by atoms with Crippen LogP contribution >= 0.6 is 0 Å². The van der Waals surface area contributed by atoms with Gasteiger partial charge in [0, 0.05) is 17.5 Å². The van der Waals surface area contributed by atoms with Crippen LogP contribution in [0.15, 0.2) is 30.3 Å².